The highest BCUT2D eigenvalue weighted by molar-refractivity contribution is 9.11. The zero-order chi connectivity index (χ0) is 17.3. The average Bonchev–Trinajstić information content (AvgIpc) is 2.98. The van der Waals surface area contributed by atoms with Gasteiger partial charge in [0, 0.05) is 10.9 Å². The Morgan fingerprint density at radius 1 is 1.29 bits per heavy atom. The normalized spacial score (nSPS) is 11.8. The molecule has 0 fully saturated rings. The number of H-pyrrole nitrogens is 1. The Morgan fingerprint density at radius 2 is 2.00 bits per heavy atom. The minimum Gasteiger partial charge on any atom is -0.493 e. The topological polar surface area (TPSA) is 64.2 Å². The van der Waals surface area contributed by atoms with Gasteiger partial charge >= 0.3 is 0 Å². The van der Waals surface area contributed by atoms with E-state index in [4.69, 9.17) is 21.1 Å². The van der Waals surface area contributed by atoms with E-state index in [9.17, 15) is 4.79 Å². The predicted molar refractivity (Wildman–Crippen MR) is 101 cm³/mol. The van der Waals surface area contributed by atoms with Gasteiger partial charge < -0.3 is 14.5 Å². The molecule has 24 heavy (non-hydrogen) atoms. The van der Waals surface area contributed by atoms with Gasteiger partial charge in [-0.2, -0.15) is 0 Å². The molecule has 5 nitrogen and oxygen atoms in total. The summed E-state index contributed by atoms with van der Waals surface area (Å²) in [4.78, 5) is 20.4. The van der Waals surface area contributed by atoms with Crippen LogP contribution >= 0.6 is 38.9 Å². The van der Waals surface area contributed by atoms with Gasteiger partial charge in [0.05, 0.1) is 33.9 Å². The molecule has 0 atom stereocenters. The zero-order valence-electron chi connectivity index (χ0n) is 12.7. The standard InChI is InChI=1S/C16H12BrClN2O3S/c1-22-12-6-9-11(7-13(12)23-2)19-15(20-16(9)21)10(18)5-8-3-4-14(17)24-8/h3-7H,1-2H3,(H,19,20,21)/b10-5-. The van der Waals surface area contributed by atoms with Gasteiger partial charge in [0.25, 0.3) is 5.56 Å². The SMILES string of the molecule is COc1cc2nc(/C(Cl)=C/c3ccc(Br)s3)[nH]c(=O)c2cc1OC. The van der Waals surface area contributed by atoms with Crippen LogP contribution in [0.25, 0.3) is 22.0 Å². The molecule has 3 rings (SSSR count). The lowest BCUT2D eigenvalue weighted by molar-refractivity contribution is 0.355. The Morgan fingerprint density at radius 3 is 2.62 bits per heavy atom. The van der Waals surface area contributed by atoms with E-state index in [2.05, 4.69) is 25.9 Å². The van der Waals surface area contributed by atoms with Crippen molar-refractivity contribution < 1.29 is 9.47 Å². The maximum absolute atomic E-state index is 12.3. The zero-order valence-corrected chi connectivity index (χ0v) is 15.9. The summed E-state index contributed by atoms with van der Waals surface area (Å²) < 4.78 is 11.5. The Bertz CT molecular complexity index is 997. The Balaban J connectivity index is 2.13. The third-order valence-electron chi connectivity index (χ3n) is 3.30. The number of thiophene rings is 1. The first-order valence-corrected chi connectivity index (χ1v) is 8.79. The Kier molecular flexibility index (Phi) is 4.93. The van der Waals surface area contributed by atoms with Crippen molar-refractivity contribution in [2.45, 2.75) is 0 Å². The molecule has 3 aromatic rings. The number of hydrogen-bond acceptors (Lipinski definition) is 5. The van der Waals surface area contributed by atoms with Crippen LogP contribution in [-0.4, -0.2) is 24.2 Å². The van der Waals surface area contributed by atoms with Gasteiger partial charge in [-0.25, -0.2) is 4.98 Å². The van der Waals surface area contributed by atoms with Crippen molar-refractivity contribution in [3.05, 3.63) is 49.1 Å². The van der Waals surface area contributed by atoms with Gasteiger partial charge in [0.15, 0.2) is 17.3 Å². The highest BCUT2D eigenvalue weighted by Gasteiger charge is 2.12. The van der Waals surface area contributed by atoms with E-state index < -0.39 is 0 Å². The molecule has 0 bridgehead atoms. The molecule has 1 aromatic carbocycles. The number of benzene rings is 1. The molecule has 0 unspecified atom stereocenters. The first-order chi connectivity index (χ1) is 11.5. The molecule has 1 N–H and O–H groups in total. The maximum atomic E-state index is 12.3. The molecule has 8 heteroatoms. The Hall–Kier alpha value is -1.83. The second-order valence-corrected chi connectivity index (χ2v) is 7.67. The van der Waals surface area contributed by atoms with Crippen molar-refractivity contribution in [1.82, 2.24) is 9.97 Å². The van der Waals surface area contributed by atoms with Crippen molar-refractivity contribution in [1.29, 1.82) is 0 Å². The van der Waals surface area contributed by atoms with Crippen LogP contribution in [0, 0.1) is 0 Å². The number of nitrogens with one attached hydrogen (secondary N) is 1. The van der Waals surface area contributed by atoms with E-state index in [1.54, 1.807) is 18.2 Å². The second-order valence-electron chi connectivity index (χ2n) is 4.77. The third kappa shape index (κ3) is 3.33. The highest BCUT2D eigenvalue weighted by atomic mass is 79.9. The minimum atomic E-state index is -0.296. The molecule has 0 radical (unpaired) electrons. The monoisotopic (exact) mass is 426 g/mol. The fourth-order valence-electron chi connectivity index (χ4n) is 2.18. The number of aromatic amines is 1. The molecule has 0 amide bonds. The van der Waals surface area contributed by atoms with Gasteiger partial charge in [-0.1, -0.05) is 11.6 Å². The molecule has 2 heterocycles. The van der Waals surface area contributed by atoms with Crippen molar-refractivity contribution >= 4 is 60.9 Å². The number of hydrogen-bond donors (Lipinski definition) is 1. The van der Waals surface area contributed by atoms with Gasteiger partial charge in [-0.05, 0) is 40.2 Å². The lowest BCUT2D eigenvalue weighted by Gasteiger charge is -2.09. The van der Waals surface area contributed by atoms with Crippen LogP contribution in [-0.2, 0) is 0 Å². The predicted octanol–water partition coefficient (Wildman–Crippen LogP) is 4.50. The van der Waals surface area contributed by atoms with Crippen molar-refractivity contribution in [3.8, 4) is 11.5 Å². The molecule has 0 spiro atoms. The number of methoxy groups -OCH3 is 2. The summed E-state index contributed by atoms with van der Waals surface area (Å²) in [6, 6.07) is 7.09. The van der Waals surface area contributed by atoms with E-state index in [0.717, 1.165) is 8.66 Å². The Labute approximate surface area is 155 Å². The van der Waals surface area contributed by atoms with Crippen LogP contribution in [0.1, 0.15) is 10.7 Å². The number of halogens is 2. The molecular weight excluding hydrogens is 416 g/mol. The molecule has 0 aliphatic carbocycles. The summed E-state index contributed by atoms with van der Waals surface area (Å²) in [5, 5.41) is 0.748. The van der Waals surface area contributed by atoms with E-state index in [0.29, 0.717) is 33.3 Å². The minimum absolute atomic E-state index is 0.296. The van der Waals surface area contributed by atoms with Crippen molar-refractivity contribution in [2.75, 3.05) is 14.2 Å². The number of rotatable bonds is 4. The molecule has 0 aliphatic heterocycles. The number of aromatic nitrogens is 2. The van der Waals surface area contributed by atoms with Crippen molar-refractivity contribution in [2.24, 2.45) is 0 Å². The number of fused-ring (bicyclic) bond motifs is 1. The summed E-state index contributed by atoms with van der Waals surface area (Å²) in [7, 11) is 3.04. The van der Waals surface area contributed by atoms with Crippen LogP contribution < -0.4 is 15.0 Å². The molecule has 0 saturated heterocycles. The van der Waals surface area contributed by atoms with Gasteiger partial charge in [-0.15, -0.1) is 11.3 Å². The largest absolute Gasteiger partial charge is 0.493 e. The van der Waals surface area contributed by atoms with Crippen LogP contribution in [0.4, 0.5) is 0 Å². The van der Waals surface area contributed by atoms with Gasteiger partial charge in [0.1, 0.15) is 0 Å². The first kappa shape index (κ1) is 17.0. The lowest BCUT2D eigenvalue weighted by Crippen LogP contribution is -2.11. The summed E-state index contributed by atoms with van der Waals surface area (Å²) in [5.41, 5.74) is 0.181. The fraction of sp³-hybridized carbons (Fsp3) is 0.125. The van der Waals surface area contributed by atoms with E-state index in [-0.39, 0.29) is 5.56 Å². The third-order valence-corrected chi connectivity index (χ3v) is 5.16. The number of ether oxygens (including phenoxy) is 2. The summed E-state index contributed by atoms with van der Waals surface area (Å²) in [6.07, 6.45) is 1.75. The maximum Gasteiger partial charge on any atom is 0.259 e. The first-order valence-electron chi connectivity index (χ1n) is 6.81. The second kappa shape index (κ2) is 6.96. The summed E-state index contributed by atoms with van der Waals surface area (Å²) in [6.45, 7) is 0. The lowest BCUT2D eigenvalue weighted by atomic mass is 10.2. The molecular formula is C16H12BrClN2O3S. The molecule has 0 aliphatic rings. The van der Waals surface area contributed by atoms with Gasteiger partial charge in [-0.3, -0.25) is 4.79 Å². The van der Waals surface area contributed by atoms with E-state index in [1.807, 2.05) is 12.1 Å². The van der Waals surface area contributed by atoms with E-state index in [1.165, 1.54) is 25.6 Å². The summed E-state index contributed by atoms with van der Waals surface area (Å²) >= 11 is 11.2. The molecule has 124 valence electrons. The smallest absolute Gasteiger partial charge is 0.259 e. The van der Waals surface area contributed by atoms with E-state index >= 15 is 0 Å². The van der Waals surface area contributed by atoms with Gasteiger partial charge in [0.2, 0.25) is 0 Å². The van der Waals surface area contributed by atoms with Crippen LogP contribution in [0.3, 0.4) is 0 Å². The molecule has 0 saturated carbocycles. The van der Waals surface area contributed by atoms with Crippen LogP contribution in [0.5, 0.6) is 11.5 Å². The average molecular weight is 428 g/mol. The van der Waals surface area contributed by atoms with Crippen LogP contribution in [0.2, 0.25) is 0 Å². The fourth-order valence-corrected chi connectivity index (χ4v) is 3.82. The quantitative estimate of drug-likeness (QED) is 0.666. The number of nitrogens with zero attached hydrogens (tertiary/aromatic N) is 1. The summed E-state index contributed by atoms with van der Waals surface area (Å²) in [5.74, 6) is 1.26. The van der Waals surface area contributed by atoms with Crippen molar-refractivity contribution in [3.63, 3.8) is 0 Å². The highest BCUT2D eigenvalue weighted by Crippen LogP contribution is 2.31. The molecule has 2 aromatic heterocycles. The van der Waals surface area contributed by atoms with Crippen LogP contribution in [0.15, 0.2) is 32.8 Å².